The summed E-state index contributed by atoms with van der Waals surface area (Å²) in [6, 6.07) is 5.95. The van der Waals surface area contributed by atoms with Gasteiger partial charge in [-0.3, -0.25) is 0 Å². The molecule has 18 heavy (non-hydrogen) atoms. The molecule has 1 atom stereocenters. The maximum atomic E-state index is 12.3. The van der Waals surface area contributed by atoms with Gasteiger partial charge in [-0.2, -0.15) is 4.31 Å². The van der Waals surface area contributed by atoms with E-state index in [1.54, 1.807) is 12.1 Å². The largest absolute Gasteiger partial charge is 0.507 e. The minimum Gasteiger partial charge on any atom is -0.507 e. The van der Waals surface area contributed by atoms with Crippen LogP contribution in [-0.4, -0.2) is 44.1 Å². The normalized spacial score (nSPS) is 20.4. The van der Waals surface area contributed by atoms with E-state index in [-0.39, 0.29) is 16.7 Å². The average molecular weight is 271 g/mol. The van der Waals surface area contributed by atoms with E-state index in [0.717, 1.165) is 12.8 Å². The highest BCUT2D eigenvalue weighted by Crippen LogP contribution is 2.25. The van der Waals surface area contributed by atoms with Crippen molar-refractivity contribution in [2.75, 3.05) is 20.2 Å². The summed E-state index contributed by atoms with van der Waals surface area (Å²) in [4.78, 5) is -0.0644. The van der Waals surface area contributed by atoms with Gasteiger partial charge >= 0.3 is 0 Å². The molecule has 1 aliphatic rings. The van der Waals surface area contributed by atoms with Crippen LogP contribution < -0.4 is 0 Å². The molecule has 0 radical (unpaired) electrons. The minimum absolute atomic E-state index is 0.0457. The van der Waals surface area contributed by atoms with Crippen molar-refractivity contribution in [1.82, 2.24) is 4.31 Å². The highest BCUT2D eigenvalue weighted by molar-refractivity contribution is 7.89. The van der Waals surface area contributed by atoms with Crippen LogP contribution in [0.2, 0.25) is 0 Å². The Balaban J connectivity index is 2.17. The van der Waals surface area contributed by atoms with Crippen LogP contribution in [0, 0.1) is 0 Å². The molecular weight excluding hydrogens is 254 g/mol. The lowest BCUT2D eigenvalue weighted by atomic mass is 10.2. The number of sulfonamides is 1. The van der Waals surface area contributed by atoms with E-state index in [9.17, 15) is 13.5 Å². The zero-order valence-electron chi connectivity index (χ0n) is 10.2. The van der Waals surface area contributed by atoms with Crippen LogP contribution >= 0.6 is 0 Å². The Morgan fingerprint density at radius 3 is 2.78 bits per heavy atom. The predicted octanol–water partition coefficient (Wildman–Crippen LogP) is 1.19. The van der Waals surface area contributed by atoms with Gasteiger partial charge in [0.05, 0.1) is 6.10 Å². The summed E-state index contributed by atoms with van der Waals surface area (Å²) < 4.78 is 31.2. The zero-order valence-corrected chi connectivity index (χ0v) is 11.1. The van der Waals surface area contributed by atoms with Crippen molar-refractivity contribution in [3.63, 3.8) is 0 Å². The maximum absolute atomic E-state index is 12.3. The number of likely N-dealkylation sites (N-methyl/N-ethyl adjacent to an activating group) is 1. The Kier molecular flexibility index (Phi) is 3.89. The van der Waals surface area contributed by atoms with E-state index >= 15 is 0 Å². The van der Waals surface area contributed by atoms with Crippen molar-refractivity contribution < 1.29 is 18.3 Å². The van der Waals surface area contributed by atoms with E-state index < -0.39 is 10.0 Å². The molecule has 0 amide bonds. The quantitative estimate of drug-likeness (QED) is 0.893. The second kappa shape index (κ2) is 5.26. The highest BCUT2D eigenvalue weighted by Gasteiger charge is 2.27. The fourth-order valence-corrected chi connectivity index (χ4v) is 3.30. The smallest absolute Gasteiger partial charge is 0.246 e. The first-order valence-electron chi connectivity index (χ1n) is 5.88. The summed E-state index contributed by atoms with van der Waals surface area (Å²) in [5.41, 5.74) is 0. The van der Waals surface area contributed by atoms with Gasteiger partial charge in [0, 0.05) is 20.2 Å². The SMILES string of the molecule is CN(CC1CCCO1)S(=O)(=O)c1ccccc1O. The first-order chi connectivity index (χ1) is 8.51. The maximum Gasteiger partial charge on any atom is 0.246 e. The molecule has 1 heterocycles. The number of rotatable bonds is 4. The van der Waals surface area contributed by atoms with Crippen molar-refractivity contribution in [2.45, 2.75) is 23.8 Å². The lowest BCUT2D eigenvalue weighted by molar-refractivity contribution is 0.0978. The number of phenolic OH excluding ortho intramolecular Hbond substituents is 1. The molecule has 0 saturated carbocycles. The molecule has 5 nitrogen and oxygen atoms in total. The Morgan fingerprint density at radius 1 is 1.44 bits per heavy atom. The van der Waals surface area contributed by atoms with Gasteiger partial charge in [0.25, 0.3) is 0 Å². The molecular formula is C12H17NO4S. The monoisotopic (exact) mass is 271 g/mol. The Morgan fingerprint density at radius 2 is 2.17 bits per heavy atom. The summed E-state index contributed by atoms with van der Waals surface area (Å²) in [6.07, 6.45) is 1.80. The van der Waals surface area contributed by atoms with Gasteiger partial charge in [-0.05, 0) is 25.0 Å². The number of benzene rings is 1. The van der Waals surface area contributed by atoms with Crippen LogP contribution in [0.4, 0.5) is 0 Å². The molecule has 2 rings (SSSR count). The van der Waals surface area contributed by atoms with Gasteiger partial charge in [-0.15, -0.1) is 0 Å². The highest BCUT2D eigenvalue weighted by atomic mass is 32.2. The molecule has 1 aliphatic heterocycles. The molecule has 1 N–H and O–H groups in total. The van der Waals surface area contributed by atoms with Crippen molar-refractivity contribution in [2.24, 2.45) is 0 Å². The summed E-state index contributed by atoms with van der Waals surface area (Å²) in [5, 5.41) is 9.62. The van der Waals surface area contributed by atoms with Gasteiger partial charge in [-0.1, -0.05) is 12.1 Å². The fraction of sp³-hybridized carbons (Fsp3) is 0.500. The molecule has 1 aromatic carbocycles. The van der Waals surface area contributed by atoms with Crippen LogP contribution in [0.5, 0.6) is 5.75 Å². The summed E-state index contributed by atoms with van der Waals surface area (Å²) in [5.74, 6) is -0.225. The van der Waals surface area contributed by atoms with E-state index in [2.05, 4.69) is 0 Å². The molecule has 0 bridgehead atoms. The molecule has 0 aromatic heterocycles. The van der Waals surface area contributed by atoms with Crippen LogP contribution in [0.3, 0.4) is 0 Å². The molecule has 1 aromatic rings. The topological polar surface area (TPSA) is 66.8 Å². The van der Waals surface area contributed by atoms with Crippen LogP contribution in [0.15, 0.2) is 29.2 Å². The number of hydrogen-bond acceptors (Lipinski definition) is 4. The zero-order chi connectivity index (χ0) is 13.2. The number of phenols is 1. The van der Waals surface area contributed by atoms with E-state index in [4.69, 9.17) is 4.74 Å². The number of hydrogen-bond donors (Lipinski definition) is 1. The number of aromatic hydroxyl groups is 1. The van der Waals surface area contributed by atoms with E-state index in [1.165, 1.54) is 23.5 Å². The second-order valence-corrected chi connectivity index (χ2v) is 6.40. The molecule has 100 valence electrons. The molecule has 0 spiro atoms. The standard InChI is InChI=1S/C12H17NO4S/c1-13(9-10-5-4-8-17-10)18(15,16)12-7-3-2-6-11(12)14/h2-3,6-7,10,14H,4-5,8-9H2,1H3. The van der Waals surface area contributed by atoms with Crippen molar-refractivity contribution >= 4 is 10.0 Å². The van der Waals surface area contributed by atoms with Gasteiger partial charge in [0.15, 0.2) is 0 Å². The lowest BCUT2D eigenvalue weighted by Gasteiger charge is -2.20. The first-order valence-corrected chi connectivity index (χ1v) is 7.32. The number of ether oxygens (including phenoxy) is 1. The second-order valence-electron chi connectivity index (χ2n) is 4.39. The Hall–Kier alpha value is -1.11. The fourth-order valence-electron chi connectivity index (χ4n) is 2.02. The molecule has 0 aliphatic carbocycles. The van der Waals surface area contributed by atoms with Crippen LogP contribution in [0.25, 0.3) is 0 Å². The Labute approximate surface area is 107 Å². The van der Waals surface area contributed by atoms with Gasteiger partial charge in [0.2, 0.25) is 10.0 Å². The first kappa shape index (κ1) is 13.3. The lowest BCUT2D eigenvalue weighted by Crippen LogP contribution is -2.34. The van der Waals surface area contributed by atoms with Gasteiger partial charge < -0.3 is 9.84 Å². The average Bonchev–Trinajstić information content (AvgIpc) is 2.82. The van der Waals surface area contributed by atoms with E-state index in [0.29, 0.717) is 13.2 Å². The third kappa shape index (κ3) is 2.66. The van der Waals surface area contributed by atoms with Gasteiger partial charge in [0.1, 0.15) is 10.6 Å². The molecule has 1 fully saturated rings. The summed E-state index contributed by atoms with van der Waals surface area (Å²) in [6.45, 7) is 1.01. The Bertz CT molecular complexity index is 509. The molecule has 6 heteroatoms. The number of nitrogens with zero attached hydrogens (tertiary/aromatic N) is 1. The van der Waals surface area contributed by atoms with Crippen LogP contribution in [0.1, 0.15) is 12.8 Å². The third-order valence-electron chi connectivity index (χ3n) is 3.04. The number of para-hydroxylation sites is 1. The van der Waals surface area contributed by atoms with Gasteiger partial charge in [-0.25, -0.2) is 8.42 Å². The molecule has 1 saturated heterocycles. The van der Waals surface area contributed by atoms with Crippen molar-refractivity contribution in [3.8, 4) is 5.75 Å². The summed E-state index contributed by atoms with van der Waals surface area (Å²) >= 11 is 0. The van der Waals surface area contributed by atoms with Crippen LogP contribution in [-0.2, 0) is 14.8 Å². The van der Waals surface area contributed by atoms with Crippen molar-refractivity contribution in [1.29, 1.82) is 0 Å². The summed E-state index contributed by atoms with van der Waals surface area (Å²) in [7, 11) is -2.15. The minimum atomic E-state index is -3.65. The third-order valence-corrected chi connectivity index (χ3v) is 4.91. The predicted molar refractivity (Wildman–Crippen MR) is 66.9 cm³/mol. The van der Waals surface area contributed by atoms with E-state index in [1.807, 2.05) is 0 Å². The molecule has 1 unspecified atom stereocenters. The van der Waals surface area contributed by atoms with Crippen molar-refractivity contribution in [3.05, 3.63) is 24.3 Å².